The number of nitrogens with one attached hydrogen (secondary N) is 2. The summed E-state index contributed by atoms with van der Waals surface area (Å²) in [4.78, 5) is 12.4. The molecule has 0 unspecified atom stereocenters. The van der Waals surface area contributed by atoms with E-state index in [9.17, 15) is 4.79 Å². The molecule has 6 heteroatoms. The minimum Gasteiger partial charge on any atom is -0.496 e. The Balaban J connectivity index is 1.98. The molecule has 2 aromatic rings. The van der Waals surface area contributed by atoms with Crippen LogP contribution in [-0.4, -0.2) is 18.1 Å². The number of benzene rings is 2. The van der Waals surface area contributed by atoms with Gasteiger partial charge in [0.2, 0.25) is 0 Å². The van der Waals surface area contributed by atoms with Crippen molar-refractivity contribution in [3.05, 3.63) is 58.1 Å². The van der Waals surface area contributed by atoms with Crippen molar-refractivity contribution < 1.29 is 9.53 Å². The quantitative estimate of drug-likeness (QED) is 0.650. The Morgan fingerprint density at radius 2 is 1.92 bits per heavy atom. The molecule has 0 spiro atoms. The van der Waals surface area contributed by atoms with Crippen LogP contribution in [0.1, 0.15) is 35.7 Å². The van der Waals surface area contributed by atoms with Crippen LogP contribution in [0.4, 0.5) is 5.69 Å². The molecule has 0 fully saturated rings. The van der Waals surface area contributed by atoms with Gasteiger partial charge in [-0.2, -0.15) is 0 Å². The highest BCUT2D eigenvalue weighted by Gasteiger charge is 2.14. The molecule has 0 atom stereocenters. The van der Waals surface area contributed by atoms with Crippen molar-refractivity contribution in [3.63, 3.8) is 0 Å². The number of hydrogen-bond acceptors (Lipinski definition) is 3. The number of carbonyl (C=O) groups is 1. The Labute approximate surface area is 162 Å². The van der Waals surface area contributed by atoms with Crippen LogP contribution in [0.2, 0.25) is 0 Å². The van der Waals surface area contributed by atoms with Crippen molar-refractivity contribution in [2.45, 2.75) is 26.2 Å². The molecule has 0 aliphatic heterocycles. The fourth-order valence-corrected chi connectivity index (χ4v) is 2.90. The third-order valence-corrected chi connectivity index (χ3v) is 4.36. The van der Waals surface area contributed by atoms with E-state index in [2.05, 4.69) is 45.6 Å². The predicted molar refractivity (Wildman–Crippen MR) is 109 cm³/mol. The maximum absolute atomic E-state index is 12.4. The second kappa shape index (κ2) is 9.53. The molecule has 0 bridgehead atoms. The third kappa shape index (κ3) is 5.83. The summed E-state index contributed by atoms with van der Waals surface area (Å²) in [7, 11) is 1.52. The summed E-state index contributed by atoms with van der Waals surface area (Å²) >= 11 is 8.59. The Hall–Kier alpha value is -1.92. The lowest BCUT2D eigenvalue weighted by Crippen LogP contribution is -2.34. The predicted octanol–water partition coefficient (Wildman–Crippen LogP) is 4.93. The highest BCUT2D eigenvalue weighted by molar-refractivity contribution is 9.10. The van der Waals surface area contributed by atoms with Crippen molar-refractivity contribution in [1.29, 1.82) is 0 Å². The molecule has 25 heavy (non-hydrogen) atoms. The molecule has 0 saturated heterocycles. The van der Waals surface area contributed by atoms with Crippen molar-refractivity contribution in [2.24, 2.45) is 0 Å². The monoisotopic (exact) mass is 420 g/mol. The molecule has 2 rings (SSSR count). The van der Waals surface area contributed by atoms with E-state index in [0.717, 1.165) is 16.6 Å². The fraction of sp³-hybridized carbons (Fsp3) is 0.263. The van der Waals surface area contributed by atoms with Crippen LogP contribution in [0, 0.1) is 0 Å². The Morgan fingerprint density at radius 1 is 1.20 bits per heavy atom. The standard InChI is InChI=1S/C19H21BrN2O2S/c1-3-4-5-13-6-9-15(10-7-13)21-19(25)22-18(23)16-12-14(20)8-11-17(16)24-2/h6-12H,3-5H2,1-2H3,(H2,21,22,23,25). The number of amides is 1. The van der Waals surface area contributed by atoms with E-state index < -0.39 is 0 Å². The molecular formula is C19H21BrN2O2S. The molecule has 0 aromatic heterocycles. The smallest absolute Gasteiger partial charge is 0.261 e. The van der Waals surface area contributed by atoms with Gasteiger partial charge in [-0.15, -0.1) is 0 Å². The molecular weight excluding hydrogens is 400 g/mol. The second-order valence-electron chi connectivity index (χ2n) is 5.55. The van der Waals surface area contributed by atoms with Gasteiger partial charge in [0.15, 0.2) is 5.11 Å². The van der Waals surface area contributed by atoms with E-state index >= 15 is 0 Å². The molecule has 2 aromatic carbocycles. The lowest BCUT2D eigenvalue weighted by atomic mass is 10.1. The first kappa shape index (κ1) is 19.4. The SMILES string of the molecule is CCCCc1ccc(NC(=S)NC(=O)c2cc(Br)ccc2OC)cc1. The summed E-state index contributed by atoms with van der Waals surface area (Å²) in [6.45, 7) is 2.18. The molecule has 132 valence electrons. The maximum atomic E-state index is 12.4. The first-order chi connectivity index (χ1) is 12.0. The van der Waals surface area contributed by atoms with Gasteiger partial charge >= 0.3 is 0 Å². The summed E-state index contributed by atoms with van der Waals surface area (Å²) in [5, 5.41) is 5.94. The Bertz CT molecular complexity index is 748. The summed E-state index contributed by atoms with van der Waals surface area (Å²) < 4.78 is 6.01. The number of aryl methyl sites for hydroxylation is 1. The maximum Gasteiger partial charge on any atom is 0.261 e. The second-order valence-corrected chi connectivity index (χ2v) is 6.88. The number of methoxy groups -OCH3 is 1. The van der Waals surface area contributed by atoms with Crippen molar-refractivity contribution in [3.8, 4) is 5.75 Å². The zero-order chi connectivity index (χ0) is 18.2. The van der Waals surface area contributed by atoms with Gasteiger partial charge < -0.3 is 10.1 Å². The van der Waals surface area contributed by atoms with Crippen molar-refractivity contribution in [1.82, 2.24) is 5.32 Å². The number of halogens is 1. The van der Waals surface area contributed by atoms with Crippen LogP contribution in [-0.2, 0) is 6.42 Å². The van der Waals surface area contributed by atoms with Gasteiger partial charge in [-0.1, -0.05) is 41.4 Å². The van der Waals surface area contributed by atoms with Gasteiger partial charge in [-0.25, -0.2) is 0 Å². The fourth-order valence-electron chi connectivity index (χ4n) is 2.33. The first-order valence-electron chi connectivity index (χ1n) is 8.08. The summed E-state index contributed by atoms with van der Waals surface area (Å²) in [6, 6.07) is 13.3. The molecule has 0 heterocycles. The average molecular weight is 421 g/mol. The highest BCUT2D eigenvalue weighted by Crippen LogP contribution is 2.22. The molecule has 0 aliphatic rings. The Kier molecular flexibility index (Phi) is 7.40. The molecule has 0 aliphatic carbocycles. The zero-order valence-corrected chi connectivity index (χ0v) is 16.7. The van der Waals surface area contributed by atoms with Crippen LogP contribution < -0.4 is 15.4 Å². The number of anilines is 1. The van der Waals surface area contributed by atoms with E-state index in [1.54, 1.807) is 12.1 Å². The number of carbonyl (C=O) groups excluding carboxylic acids is 1. The minimum absolute atomic E-state index is 0.244. The summed E-state index contributed by atoms with van der Waals surface area (Å²) in [5.74, 6) is 0.166. The first-order valence-corrected chi connectivity index (χ1v) is 9.28. The lowest BCUT2D eigenvalue weighted by Gasteiger charge is -2.12. The van der Waals surface area contributed by atoms with Gasteiger partial charge in [0.1, 0.15) is 5.75 Å². The van der Waals surface area contributed by atoms with Crippen LogP contribution >= 0.6 is 28.1 Å². The zero-order valence-electron chi connectivity index (χ0n) is 14.3. The van der Waals surface area contributed by atoms with E-state index in [1.165, 1.54) is 25.5 Å². The average Bonchev–Trinajstić information content (AvgIpc) is 2.61. The van der Waals surface area contributed by atoms with E-state index in [4.69, 9.17) is 17.0 Å². The van der Waals surface area contributed by atoms with E-state index in [0.29, 0.717) is 11.3 Å². The van der Waals surface area contributed by atoms with Crippen LogP contribution in [0.3, 0.4) is 0 Å². The van der Waals surface area contributed by atoms with Crippen LogP contribution in [0.25, 0.3) is 0 Å². The van der Waals surface area contributed by atoms with Gasteiger partial charge in [0.05, 0.1) is 12.7 Å². The molecule has 2 N–H and O–H groups in total. The van der Waals surface area contributed by atoms with Gasteiger partial charge in [-0.05, 0) is 61.0 Å². The van der Waals surface area contributed by atoms with Crippen molar-refractivity contribution >= 4 is 44.9 Å². The number of thiocarbonyl (C=S) groups is 1. The lowest BCUT2D eigenvalue weighted by molar-refractivity contribution is 0.0974. The summed E-state index contributed by atoms with van der Waals surface area (Å²) in [5.41, 5.74) is 2.55. The highest BCUT2D eigenvalue weighted by atomic mass is 79.9. The van der Waals surface area contributed by atoms with Crippen molar-refractivity contribution in [2.75, 3.05) is 12.4 Å². The topological polar surface area (TPSA) is 50.4 Å². The number of ether oxygens (including phenoxy) is 1. The Morgan fingerprint density at radius 3 is 2.56 bits per heavy atom. The minimum atomic E-state index is -0.324. The molecule has 4 nitrogen and oxygen atoms in total. The van der Waals surface area contributed by atoms with Crippen LogP contribution in [0.15, 0.2) is 46.9 Å². The molecule has 0 saturated carbocycles. The van der Waals surface area contributed by atoms with Gasteiger partial charge in [-0.3, -0.25) is 10.1 Å². The number of hydrogen-bond donors (Lipinski definition) is 2. The summed E-state index contributed by atoms with van der Waals surface area (Å²) in [6.07, 6.45) is 3.42. The van der Waals surface area contributed by atoms with E-state index in [-0.39, 0.29) is 11.0 Å². The van der Waals surface area contributed by atoms with E-state index in [1.807, 2.05) is 18.2 Å². The largest absolute Gasteiger partial charge is 0.496 e. The van der Waals surface area contributed by atoms with Gasteiger partial charge in [0.25, 0.3) is 5.91 Å². The molecule has 0 radical (unpaired) electrons. The molecule has 1 amide bonds. The number of unbranched alkanes of at least 4 members (excludes halogenated alkanes) is 1. The number of rotatable bonds is 6. The normalized spacial score (nSPS) is 10.2. The van der Waals surface area contributed by atoms with Crippen LogP contribution in [0.5, 0.6) is 5.75 Å². The third-order valence-electron chi connectivity index (χ3n) is 3.66. The van der Waals surface area contributed by atoms with Gasteiger partial charge in [0, 0.05) is 10.2 Å².